The number of hydrogen-bond donors (Lipinski definition) is 2. The maximum atomic E-state index is 10.4. The smallest absolute Gasteiger partial charge is 0.302 e. The molecular formula is C22H50N2O9. The average molecular weight is 487 g/mol. The van der Waals surface area contributed by atoms with E-state index in [9.17, 15) is 14.4 Å². The molecule has 0 atom stereocenters. The van der Waals surface area contributed by atoms with E-state index in [1.165, 1.54) is 20.8 Å². The van der Waals surface area contributed by atoms with Crippen LogP contribution >= 0.6 is 0 Å². The number of nitrogens with zero attached hydrogens (tertiary/aromatic N) is 2. The SMILES string of the molecule is CC.CC(=O)OCCN(CCO)CCO.CCOC(C)=O.CN(C)C.COCCOC(C)=O. The molecule has 0 unspecified atom stereocenters. The minimum atomic E-state index is -0.312. The number of hydrogen-bond acceptors (Lipinski definition) is 11. The van der Waals surface area contributed by atoms with Gasteiger partial charge in [-0.2, -0.15) is 0 Å². The van der Waals surface area contributed by atoms with E-state index in [0.717, 1.165) is 0 Å². The highest BCUT2D eigenvalue weighted by Gasteiger charge is 2.03. The molecule has 2 N–H and O–H groups in total. The second-order valence-corrected chi connectivity index (χ2v) is 6.23. The molecule has 0 aromatic rings. The number of aliphatic hydroxyl groups excluding tert-OH is 2. The summed E-state index contributed by atoms with van der Waals surface area (Å²) in [5.41, 5.74) is 0. The Hall–Kier alpha value is -1.79. The first-order valence-electron chi connectivity index (χ1n) is 10.9. The molecule has 0 aromatic carbocycles. The fraction of sp³-hybridized carbons (Fsp3) is 0.864. The number of carbonyl (C=O) groups excluding carboxylic acids is 3. The van der Waals surface area contributed by atoms with Gasteiger partial charge in [0, 0.05) is 47.5 Å². The second kappa shape index (κ2) is 37.5. The molecule has 11 nitrogen and oxygen atoms in total. The van der Waals surface area contributed by atoms with Gasteiger partial charge in [0.2, 0.25) is 0 Å². The molecule has 0 bridgehead atoms. The third-order valence-electron chi connectivity index (χ3n) is 2.49. The van der Waals surface area contributed by atoms with Gasteiger partial charge >= 0.3 is 17.9 Å². The van der Waals surface area contributed by atoms with Crippen LogP contribution in [0.15, 0.2) is 0 Å². The van der Waals surface area contributed by atoms with Gasteiger partial charge in [0.05, 0.1) is 26.4 Å². The predicted molar refractivity (Wildman–Crippen MR) is 129 cm³/mol. The highest BCUT2D eigenvalue weighted by Crippen LogP contribution is 1.87. The monoisotopic (exact) mass is 486 g/mol. The Morgan fingerprint density at radius 2 is 1.06 bits per heavy atom. The Labute approximate surface area is 200 Å². The van der Waals surface area contributed by atoms with Crippen molar-refractivity contribution in [2.45, 2.75) is 41.5 Å². The first-order chi connectivity index (χ1) is 15.5. The molecule has 0 amide bonds. The zero-order chi connectivity index (χ0) is 27.1. The van der Waals surface area contributed by atoms with Gasteiger partial charge in [-0.3, -0.25) is 19.3 Å². The highest BCUT2D eigenvalue weighted by atomic mass is 16.6. The standard InChI is InChI=1S/C8H17NO4.C5H10O3.C4H8O2.C3H9N.C2H6/c1-8(12)13-7-4-9(2-5-10)3-6-11;1-5(6)8-4-3-7-2;1-3-6-4(2)5;1-4(2)3;1-2/h10-11H,2-7H2,1H3;3-4H2,1-2H3;3H2,1-2H3;1-3H3;1-2H3. The van der Waals surface area contributed by atoms with E-state index < -0.39 is 0 Å². The topological polar surface area (TPSA) is 135 Å². The fourth-order valence-corrected chi connectivity index (χ4v) is 1.41. The molecule has 0 saturated carbocycles. The van der Waals surface area contributed by atoms with E-state index in [2.05, 4.69) is 14.2 Å². The summed E-state index contributed by atoms with van der Waals surface area (Å²) >= 11 is 0. The maximum Gasteiger partial charge on any atom is 0.302 e. The van der Waals surface area contributed by atoms with Crippen molar-refractivity contribution in [3.05, 3.63) is 0 Å². The predicted octanol–water partition coefficient (Wildman–Crippen LogP) is 0.805. The summed E-state index contributed by atoms with van der Waals surface area (Å²) < 4.78 is 18.3. The lowest BCUT2D eigenvalue weighted by Gasteiger charge is -2.19. The quantitative estimate of drug-likeness (QED) is 0.244. The zero-order valence-electron chi connectivity index (χ0n) is 22.5. The normalized spacial score (nSPS) is 8.91. The highest BCUT2D eigenvalue weighted by molar-refractivity contribution is 5.66. The largest absolute Gasteiger partial charge is 0.466 e. The summed E-state index contributed by atoms with van der Waals surface area (Å²) in [6, 6.07) is 0. The lowest BCUT2D eigenvalue weighted by Crippen LogP contribution is -2.33. The van der Waals surface area contributed by atoms with Gasteiger partial charge in [-0.1, -0.05) is 13.8 Å². The van der Waals surface area contributed by atoms with Crippen molar-refractivity contribution in [1.29, 1.82) is 0 Å². The van der Waals surface area contributed by atoms with Gasteiger partial charge in [0.1, 0.15) is 13.2 Å². The molecule has 0 rings (SSSR count). The minimum absolute atomic E-state index is 0.0417. The molecule has 0 spiro atoms. The molecule has 202 valence electrons. The van der Waals surface area contributed by atoms with Gasteiger partial charge in [-0.05, 0) is 28.1 Å². The van der Waals surface area contributed by atoms with E-state index >= 15 is 0 Å². The Kier molecular flexibility index (Phi) is 47.1. The van der Waals surface area contributed by atoms with Gasteiger partial charge in [0.25, 0.3) is 0 Å². The lowest BCUT2D eigenvalue weighted by molar-refractivity contribution is -0.142. The molecule has 0 aromatic heterocycles. The molecule has 0 radical (unpaired) electrons. The summed E-state index contributed by atoms with van der Waals surface area (Å²) in [6.45, 7) is 13.1. The van der Waals surface area contributed by atoms with Crippen LogP contribution in [0.25, 0.3) is 0 Å². The third kappa shape index (κ3) is 72.5. The third-order valence-corrected chi connectivity index (χ3v) is 2.49. The first-order valence-corrected chi connectivity index (χ1v) is 10.9. The minimum Gasteiger partial charge on any atom is -0.466 e. The lowest BCUT2D eigenvalue weighted by atomic mass is 10.4. The van der Waals surface area contributed by atoms with Crippen molar-refractivity contribution in [2.75, 3.05) is 87.5 Å². The van der Waals surface area contributed by atoms with Gasteiger partial charge in [-0.15, -0.1) is 0 Å². The molecule has 11 heteroatoms. The summed E-state index contributed by atoms with van der Waals surface area (Å²) in [7, 11) is 7.56. The van der Waals surface area contributed by atoms with Crippen molar-refractivity contribution < 1.29 is 43.5 Å². The van der Waals surface area contributed by atoms with Crippen molar-refractivity contribution in [2.24, 2.45) is 0 Å². The van der Waals surface area contributed by atoms with Crippen molar-refractivity contribution in [3.8, 4) is 0 Å². The van der Waals surface area contributed by atoms with E-state index in [4.69, 9.17) is 14.9 Å². The summed E-state index contributed by atoms with van der Waals surface area (Å²) in [4.78, 5) is 34.1. The van der Waals surface area contributed by atoms with Gasteiger partial charge < -0.3 is 34.1 Å². The van der Waals surface area contributed by atoms with Gasteiger partial charge in [0.15, 0.2) is 0 Å². The number of ether oxygens (including phenoxy) is 4. The van der Waals surface area contributed by atoms with Crippen molar-refractivity contribution >= 4 is 17.9 Å². The first kappa shape index (κ1) is 41.5. The molecule has 0 aliphatic rings. The van der Waals surface area contributed by atoms with E-state index in [-0.39, 0.29) is 31.1 Å². The van der Waals surface area contributed by atoms with Gasteiger partial charge in [-0.25, -0.2) is 0 Å². The van der Waals surface area contributed by atoms with Crippen molar-refractivity contribution in [1.82, 2.24) is 9.80 Å². The van der Waals surface area contributed by atoms with Crippen LogP contribution in [0.4, 0.5) is 0 Å². The van der Waals surface area contributed by atoms with Crippen LogP contribution in [0, 0.1) is 0 Å². The number of esters is 3. The van der Waals surface area contributed by atoms with Crippen LogP contribution in [0.2, 0.25) is 0 Å². The van der Waals surface area contributed by atoms with E-state index in [1.807, 2.05) is 44.8 Å². The molecule has 0 aliphatic heterocycles. The fourth-order valence-electron chi connectivity index (χ4n) is 1.41. The van der Waals surface area contributed by atoms with Crippen LogP contribution in [0.5, 0.6) is 0 Å². The molecule has 0 fully saturated rings. The molecule has 0 saturated heterocycles. The van der Waals surface area contributed by atoms with Crippen molar-refractivity contribution in [3.63, 3.8) is 0 Å². The Bertz CT molecular complexity index is 401. The Morgan fingerprint density at radius 3 is 1.30 bits per heavy atom. The summed E-state index contributed by atoms with van der Waals surface area (Å²) in [6.07, 6.45) is 0. The van der Waals surface area contributed by atoms with Crippen LogP contribution in [-0.4, -0.2) is 125 Å². The Morgan fingerprint density at radius 1 is 0.697 bits per heavy atom. The zero-order valence-corrected chi connectivity index (χ0v) is 22.5. The average Bonchev–Trinajstić information content (AvgIpc) is 2.70. The summed E-state index contributed by atoms with van der Waals surface area (Å²) in [5, 5.41) is 17.3. The molecule has 0 heterocycles. The molecule has 0 aliphatic carbocycles. The Balaban J connectivity index is -0.000000112. The number of carbonyl (C=O) groups is 3. The summed E-state index contributed by atoms with van der Waals surface area (Å²) in [5.74, 6) is -0.785. The van der Waals surface area contributed by atoms with Crippen LogP contribution in [0.1, 0.15) is 41.5 Å². The molecule has 33 heavy (non-hydrogen) atoms. The van der Waals surface area contributed by atoms with Crippen LogP contribution < -0.4 is 0 Å². The second-order valence-electron chi connectivity index (χ2n) is 6.23. The van der Waals surface area contributed by atoms with Crippen LogP contribution in [-0.2, 0) is 33.3 Å². The number of methoxy groups -OCH3 is 1. The van der Waals surface area contributed by atoms with E-state index in [0.29, 0.717) is 46.1 Å². The van der Waals surface area contributed by atoms with E-state index in [1.54, 1.807) is 14.0 Å². The maximum absolute atomic E-state index is 10.4. The number of aliphatic hydroxyl groups is 2. The number of rotatable bonds is 11. The van der Waals surface area contributed by atoms with Crippen LogP contribution in [0.3, 0.4) is 0 Å². The molecular weight excluding hydrogens is 436 g/mol.